The third-order valence-electron chi connectivity index (χ3n) is 4.73. The molecule has 8 N–H and O–H groups in total. The fourth-order valence-electron chi connectivity index (χ4n) is 3.49. The molecule has 7 atom stereocenters. The van der Waals surface area contributed by atoms with Crippen LogP contribution in [0.4, 0.5) is 10.3 Å². The zero-order valence-corrected chi connectivity index (χ0v) is 20.8. The number of phosphoric acid groups is 3. The van der Waals surface area contributed by atoms with Crippen molar-refractivity contribution in [1.29, 1.82) is 0 Å². The molecule has 0 aliphatic carbocycles. The number of aliphatic hydroxyl groups is 1. The highest BCUT2D eigenvalue weighted by molar-refractivity contribution is 7.66. The van der Waals surface area contributed by atoms with Crippen LogP contribution in [-0.4, -0.2) is 63.2 Å². The third-order valence-corrected chi connectivity index (χ3v) is 8.66. The summed E-state index contributed by atoms with van der Waals surface area (Å²) in [4.78, 5) is 54.5. The summed E-state index contributed by atoms with van der Waals surface area (Å²) in [5.74, 6) is 4.12. The molecule has 0 spiro atoms. The number of fused-ring (bicyclic) bond motifs is 1. The Labute approximate surface area is 200 Å². The van der Waals surface area contributed by atoms with Crippen molar-refractivity contribution in [2.75, 3.05) is 5.73 Å². The number of H-pyrrole nitrogens is 1. The molecule has 3 heterocycles. The number of halogens is 1. The Kier molecular flexibility index (Phi) is 7.73. The van der Waals surface area contributed by atoms with E-state index in [9.17, 15) is 33.4 Å². The standard InChI is InChI=1S/C15H20FN4O13P3/c1-3-5-15(16)10(21)9(7(2)31-35(26,27)33-36(28,29)32-34(23,24)25)30-13(15)20-6-4-8-11(20)18-14(17)19-12(8)22/h4,6-7,9-10,13,21H,1-2H3,(H,26,27)(H,28,29)(H2,23,24,25)(H3,17,18,19,22)/t7-,9-,10+,13-,15?/m1/s1. The molecule has 0 amide bonds. The molecule has 1 saturated heterocycles. The Hall–Kier alpha value is -1.96. The van der Waals surface area contributed by atoms with E-state index in [1.807, 2.05) is 0 Å². The first-order chi connectivity index (χ1) is 16.4. The Morgan fingerprint density at radius 3 is 2.50 bits per heavy atom. The second kappa shape index (κ2) is 9.73. The molecular weight excluding hydrogens is 556 g/mol. The summed E-state index contributed by atoms with van der Waals surface area (Å²) in [6.07, 6.45) is -6.34. The van der Waals surface area contributed by atoms with Gasteiger partial charge in [0.05, 0.1) is 11.5 Å². The van der Waals surface area contributed by atoms with Crippen LogP contribution >= 0.6 is 23.5 Å². The first-order valence-corrected chi connectivity index (χ1v) is 14.1. The molecule has 3 unspecified atom stereocenters. The summed E-state index contributed by atoms with van der Waals surface area (Å²) in [5, 5.41) is 10.7. The van der Waals surface area contributed by atoms with Crippen molar-refractivity contribution in [3.05, 3.63) is 22.6 Å². The summed E-state index contributed by atoms with van der Waals surface area (Å²) in [7, 11) is -17.1. The Balaban J connectivity index is 1.92. The quantitative estimate of drug-likeness (QED) is 0.161. The zero-order valence-electron chi connectivity index (χ0n) is 18.2. The lowest BCUT2D eigenvalue weighted by Crippen LogP contribution is -2.44. The summed E-state index contributed by atoms with van der Waals surface area (Å²) >= 11 is 0. The van der Waals surface area contributed by atoms with E-state index in [-0.39, 0.29) is 17.0 Å². The second-order valence-electron chi connectivity index (χ2n) is 7.35. The fraction of sp³-hybridized carbons (Fsp3) is 0.467. The van der Waals surface area contributed by atoms with Gasteiger partial charge in [-0.3, -0.25) is 14.3 Å². The molecule has 0 saturated carbocycles. The van der Waals surface area contributed by atoms with Gasteiger partial charge in [-0.25, -0.2) is 18.1 Å². The van der Waals surface area contributed by atoms with E-state index in [1.165, 1.54) is 19.2 Å². The number of anilines is 1. The molecule has 1 aliphatic heterocycles. The van der Waals surface area contributed by atoms with E-state index in [0.717, 1.165) is 11.5 Å². The van der Waals surface area contributed by atoms with Gasteiger partial charge < -0.3 is 39.7 Å². The van der Waals surface area contributed by atoms with Crippen LogP contribution in [0.5, 0.6) is 0 Å². The maximum atomic E-state index is 16.0. The highest BCUT2D eigenvalue weighted by Crippen LogP contribution is 2.66. The first kappa shape index (κ1) is 28.6. The highest BCUT2D eigenvalue weighted by Gasteiger charge is 2.60. The minimum Gasteiger partial charge on any atom is -0.386 e. The van der Waals surface area contributed by atoms with Crippen molar-refractivity contribution in [3.63, 3.8) is 0 Å². The molecule has 200 valence electrons. The number of alkyl halides is 1. The molecule has 2 aromatic heterocycles. The number of aromatic amines is 1. The first-order valence-electron chi connectivity index (χ1n) is 9.54. The number of nitrogen functional groups attached to an aromatic ring is 1. The number of phosphoric ester groups is 1. The highest BCUT2D eigenvalue weighted by atomic mass is 31.3. The molecule has 21 heteroatoms. The molecule has 0 radical (unpaired) electrons. The van der Waals surface area contributed by atoms with E-state index < -0.39 is 59.2 Å². The van der Waals surface area contributed by atoms with Gasteiger partial charge in [-0.1, -0.05) is 5.92 Å². The number of aromatic nitrogens is 3. The Bertz CT molecular complexity index is 1430. The van der Waals surface area contributed by atoms with Crippen LogP contribution < -0.4 is 11.3 Å². The van der Waals surface area contributed by atoms with Crippen LogP contribution in [0.2, 0.25) is 0 Å². The lowest BCUT2D eigenvalue weighted by Gasteiger charge is -2.25. The average molecular weight is 576 g/mol. The predicted molar refractivity (Wildman–Crippen MR) is 116 cm³/mol. The van der Waals surface area contributed by atoms with E-state index in [1.54, 1.807) is 0 Å². The minimum atomic E-state index is -5.82. The Morgan fingerprint density at radius 2 is 1.92 bits per heavy atom. The van der Waals surface area contributed by atoms with Gasteiger partial charge in [0.15, 0.2) is 11.9 Å². The van der Waals surface area contributed by atoms with Gasteiger partial charge in [0.25, 0.3) is 5.56 Å². The molecule has 17 nitrogen and oxygen atoms in total. The number of hydrogen-bond donors (Lipinski definition) is 7. The smallest absolute Gasteiger partial charge is 0.386 e. The van der Waals surface area contributed by atoms with Gasteiger partial charge in [0, 0.05) is 6.20 Å². The lowest BCUT2D eigenvalue weighted by molar-refractivity contribution is -0.0752. The van der Waals surface area contributed by atoms with Crippen molar-refractivity contribution in [2.24, 2.45) is 0 Å². The van der Waals surface area contributed by atoms with Crippen LogP contribution in [0, 0.1) is 11.8 Å². The van der Waals surface area contributed by atoms with Gasteiger partial charge in [-0.2, -0.15) is 13.6 Å². The largest absolute Gasteiger partial charge is 0.490 e. The van der Waals surface area contributed by atoms with Crippen LogP contribution in [-0.2, 0) is 31.6 Å². The zero-order chi connectivity index (χ0) is 27.3. The van der Waals surface area contributed by atoms with Gasteiger partial charge in [0.1, 0.15) is 12.2 Å². The van der Waals surface area contributed by atoms with Gasteiger partial charge >= 0.3 is 23.5 Å². The van der Waals surface area contributed by atoms with E-state index in [0.29, 0.717) is 0 Å². The normalized spacial score (nSPS) is 28.7. The van der Waals surface area contributed by atoms with Crippen molar-refractivity contribution in [2.45, 2.75) is 44.1 Å². The number of aliphatic hydroxyl groups excluding tert-OH is 1. The predicted octanol–water partition coefficient (Wildman–Crippen LogP) is 0.0285. The summed E-state index contributed by atoms with van der Waals surface area (Å²) in [6, 6.07) is 1.26. The SMILES string of the molecule is CC#CC1(F)[C@@H](O)[C@@H]([C@@H](C)OP(=O)(O)OP(=O)(O)OP(=O)(O)O)O[C@H]1n1ccc2c(=O)[nH]c(N)nc21. The van der Waals surface area contributed by atoms with Crippen LogP contribution in [0.1, 0.15) is 20.1 Å². The number of hydrogen-bond acceptors (Lipinski definition) is 11. The molecule has 0 aromatic carbocycles. The number of rotatable bonds is 8. The van der Waals surface area contributed by atoms with Crippen molar-refractivity contribution < 1.29 is 60.6 Å². The number of ether oxygens (including phenoxy) is 1. The maximum absolute atomic E-state index is 16.0. The molecule has 1 fully saturated rings. The van der Waals surface area contributed by atoms with E-state index in [4.69, 9.17) is 20.3 Å². The molecule has 3 rings (SSSR count). The second-order valence-corrected chi connectivity index (χ2v) is 11.7. The van der Waals surface area contributed by atoms with Crippen molar-refractivity contribution in [1.82, 2.24) is 14.5 Å². The van der Waals surface area contributed by atoms with Gasteiger partial charge in [-0.05, 0) is 19.9 Å². The maximum Gasteiger partial charge on any atom is 0.490 e. The van der Waals surface area contributed by atoms with E-state index in [2.05, 4.69) is 35.0 Å². The summed E-state index contributed by atoms with van der Waals surface area (Å²) in [5.41, 5.74) is 1.85. The minimum absolute atomic E-state index is 0.0149. The summed E-state index contributed by atoms with van der Waals surface area (Å²) in [6.45, 7) is 2.24. The van der Waals surface area contributed by atoms with Crippen LogP contribution in [0.25, 0.3) is 11.0 Å². The fourth-order valence-corrected chi connectivity index (χ4v) is 6.69. The molecule has 0 bridgehead atoms. The third kappa shape index (κ3) is 5.95. The molecule has 1 aliphatic rings. The molecule has 36 heavy (non-hydrogen) atoms. The van der Waals surface area contributed by atoms with E-state index >= 15 is 4.39 Å². The van der Waals surface area contributed by atoms with Crippen molar-refractivity contribution >= 4 is 40.4 Å². The number of nitrogens with two attached hydrogens (primary N) is 1. The molecule has 2 aromatic rings. The lowest BCUT2D eigenvalue weighted by atomic mass is 9.94. The topological polar surface area (TPSA) is 266 Å². The van der Waals surface area contributed by atoms with Crippen LogP contribution in [0.3, 0.4) is 0 Å². The summed E-state index contributed by atoms with van der Waals surface area (Å²) < 4.78 is 68.9. The monoisotopic (exact) mass is 576 g/mol. The average Bonchev–Trinajstić information content (AvgIpc) is 3.18. The van der Waals surface area contributed by atoms with Gasteiger partial charge in [-0.15, -0.1) is 5.92 Å². The number of nitrogens with one attached hydrogen (secondary N) is 1. The van der Waals surface area contributed by atoms with Gasteiger partial charge in [0.2, 0.25) is 11.6 Å². The van der Waals surface area contributed by atoms with Crippen molar-refractivity contribution in [3.8, 4) is 11.8 Å². The number of nitrogens with zero attached hydrogens (tertiary/aromatic N) is 2. The van der Waals surface area contributed by atoms with Crippen LogP contribution in [0.15, 0.2) is 17.1 Å². The Morgan fingerprint density at radius 1 is 1.28 bits per heavy atom. The molecular formula is C15H20FN4O13P3.